The molecule has 0 saturated heterocycles. The van der Waals surface area contributed by atoms with Crippen LogP contribution in [0.15, 0.2) is 42.5 Å². The number of aryl methyl sites for hydroxylation is 2. The summed E-state index contributed by atoms with van der Waals surface area (Å²) in [4.78, 5) is 14.4. The highest BCUT2D eigenvalue weighted by Crippen LogP contribution is 2.37. The van der Waals surface area contributed by atoms with E-state index in [1.807, 2.05) is 6.07 Å². The van der Waals surface area contributed by atoms with Gasteiger partial charge in [0.25, 0.3) is 5.69 Å². The number of benzene rings is 2. The van der Waals surface area contributed by atoms with Crippen molar-refractivity contribution in [3.63, 3.8) is 0 Å². The van der Waals surface area contributed by atoms with Crippen LogP contribution in [-0.2, 0) is 19.3 Å². The van der Waals surface area contributed by atoms with E-state index in [9.17, 15) is 10.1 Å². The van der Waals surface area contributed by atoms with Crippen LogP contribution in [0.5, 0.6) is 0 Å². The third kappa shape index (κ3) is 2.92. The van der Waals surface area contributed by atoms with Gasteiger partial charge < -0.3 is 10.3 Å². The molecular weight excluding hydrogens is 338 g/mol. The number of fused-ring (bicyclic) bond motifs is 4. The van der Waals surface area contributed by atoms with Crippen LogP contribution in [0, 0.1) is 10.1 Å². The fraction of sp³-hybridized carbons (Fsp3) is 0.364. The fourth-order valence-electron chi connectivity index (χ4n) is 4.86. The molecule has 5 rings (SSSR count). The molecule has 27 heavy (non-hydrogen) atoms. The van der Waals surface area contributed by atoms with Crippen LogP contribution in [-0.4, -0.2) is 15.9 Å². The molecule has 0 amide bonds. The van der Waals surface area contributed by atoms with Crippen LogP contribution in [0.4, 0.5) is 5.69 Å². The molecule has 2 aliphatic rings. The molecule has 2 aliphatic carbocycles. The lowest BCUT2D eigenvalue weighted by Crippen LogP contribution is -2.38. The van der Waals surface area contributed by atoms with Crippen molar-refractivity contribution < 1.29 is 4.92 Å². The topological polar surface area (TPSA) is 71.0 Å². The summed E-state index contributed by atoms with van der Waals surface area (Å²) in [5, 5.41) is 16.0. The van der Waals surface area contributed by atoms with E-state index in [-0.39, 0.29) is 10.6 Å². The molecule has 2 aromatic carbocycles. The monoisotopic (exact) mass is 361 g/mol. The molecule has 3 aromatic rings. The Morgan fingerprint density at radius 2 is 1.93 bits per heavy atom. The molecular formula is C22H23N3O2. The number of nitrogens with one attached hydrogen (secondary N) is 2. The fourth-order valence-corrected chi connectivity index (χ4v) is 4.86. The van der Waals surface area contributed by atoms with Crippen LogP contribution >= 0.6 is 0 Å². The van der Waals surface area contributed by atoms with Crippen LogP contribution in [0.1, 0.15) is 47.7 Å². The Morgan fingerprint density at radius 1 is 1.07 bits per heavy atom. The summed E-state index contributed by atoms with van der Waals surface area (Å²) in [6.07, 6.45) is 6.58. The maximum atomic E-state index is 11.1. The Morgan fingerprint density at radius 3 is 2.78 bits per heavy atom. The van der Waals surface area contributed by atoms with Gasteiger partial charge in [-0.25, -0.2) is 0 Å². The maximum Gasteiger partial charge on any atom is 0.270 e. The van der Waals surface area contributed by atoms with Crippen LogP contribution in [0.3, 0.4) is 0 Å². The lowest BCUT2D eigenvalue weighted by molar-refractivity contribution is -0.384. The number of nitrogens with zero attached hydrogens (tertiary/aromatic N) is 1. The molecule has 0 bridgehead atoms. The summed E-state index contributed by atoms with van der Waals surface area (Å²) in [7, 11) is 0. The van der Waals surface area contributed by atoms with Crippen molar-refractivity contribution in [2.45, 2.75) is 50.6 Å². The van der Waals surface area contributed by atoms with Crippen LogP contribution < -0.4 is 5.32 Å². The van der Waals surface area contributed by atoms with Gasteiger partial charge in [-0.1, -0.05) is 24.3 Å². The minimum Gasteiger partial charge on any atom is -0.357 e. The summed E-state index contributed by atoms with van der Waals surface area (Å²) in [5.74, 6) is 0. The molecule has 0 radical (unpaired) electrons. The normalized spacial score (nSPS) is 21.6. The predicted octanol–water partition coefficient (Wildman–Crippen LogP) is 4.60. The van der Waals surface area contributed by atoms with Gasteiger partial charge in [0.15, 0.2) is 0 Å². The van der Waals surface area contributed by atoms with E-state index < -0.39 is 0 Å². The van der Waals surface area contributed by atoms with Crippen molar-refractivity contribution in [3.8, 4) is 0 Å². The molecule has 0 aliphatic heterocycles. The van der Waals surface area contributed by atoms with Crippen molar-refractivity contribution in [3.05, 3.63) is 75.0 Å². The molecule has 0 spiro atoms. The number of hydrogen-bond acceptors (Lipinski definition) is 3. The lowest BCUT2D eigenvalue weighted by atomic mass is 9.86. The van der Waals surface area contributed by atoms with Crippen molar-refractivity contribution in [1.82, 2.24) is 10.3 Å². The Kier molecular flexibility index (Phi) is 3.97. The van der Waals surface area contributed by atoms with E-state index in [0.29, 0.717) is 12.1 Å². The van der Waals surface area contributed by atoms with E-state index in [2.05, 4.69) is 34.6 Å². The highest BCUT2D eigenvalue weighted by molar-refractivity contribution is 5.87. The highest BCUT2D eigenvalue weighted by atomic mass is 16.6. The first-order valence-electron chi connectivity index (χ1n) is 9.81. The number of aromatic amines is 1. The number of H-pyrrole nitrogens is 1. The predicted molar refractivity (Wildman–Crippen MR) is 106 cm³/mol. The summed E-state index contributed by atoms with van der Waals surface area (Å²) in [6, 6.07) is 14.7. The smallest absolute Gasteiger partial charge is 0.270 e. The van der Waals surface area contributed by atoms with Gasteiger partial charge >= 0.3 is 0 Å². The van der Waals surface area contributed by atoms with E-state index >= 15 is 0 Å². The molecule has 0 unspecified atom stereocenters. The summed E-state index contributed by atoms with van der Waals surface area (Å²) < 4.78 is 0. The largest absolute Gasteiger partial charge is 0.357 e. The van der Waals surface area contributed by atoms with E-state index in [1.54, 1.807) is 12.1 Å². The van der Waals surface area contributed by atoms with Crippen LogP contribution in [0.25, 0.3) is 10.9 Å². The molecule has 1 aromatic heterocycles. The first-order valence-corrected chi connectivity index (χ1v) is 9.81. The summed E-state index contributed by atoms with van der Waals surface area (Å²) in [5.41, 5.74) is 6.61. The number of non-ortho nitro benzene ring substituents is 1. The van der Waals surface area contributed by atoms with Crippen molar-refractivity contribution >= 4 is 16.6 Å². The van der Waals surface area contributed by atoms with Gasteiger partial charge in [-0.2, -0.15) is 0 Å². The molecule has 1 heterocycles. The molecule has 2 N–H and O–H groups in total. The number of nitro groups is 1. The van der Waals surface area contributed by atoms with Gasteiger partial charge in [-0.05, 0) is 61.3 Å². The van der Waals surface area contributed by atoms with Crippen molar-refractivity contribution in [1.29, 1.82) is 0 Å². The Balaban J connectivity index is 1.43. The zero-order chi connectivity index (χ0) is 18.4. The molecule has 5 heteroatoms. The maximum absolute atomic E-state index is 11.1. The van der Waals surface area contributed by atoms with Gasteiger partial charge in [0.05, 0.1) is 4.92 Å². The molecule has 5 nitrogen and oxygen atoms in total. The number of nitro benzene ring substituents is 1. The third-order valence-electron chi connectivity index (χ3n) is 6.19. The Hall–Kier alpha value is -2.66. The quantitative estimate of drug-likeness (QED) is 0.529. The van der Waals surface area contributed by atoms with Crippen LogP contribution in [0.2, 0.25) is 0 Å². The molecule has 0 saturated carbocycles. The summed E-state index contributed by atoms with van der Waals surface area (Å²) >= 11 is 0. The zero-order valence-electron chi connectivity index (χ0n) is 15.2. The van der Waals surface area contributed by atoms with E-state index in [1.165, 1.54) is 22.4 Å². The Labute approximate surface area is 157 Å². The first kappa shape index (κ1) is 16.5. The minimum absolute atomic E-state index is 0.170. The summed E-state index contributed by atoms with van der Waals surface area (Å²) in [6.45, 7) is 0. The van der Waals surface area contributed by atoms with Crippen molar-refractivity contribution in [2.24, 2.45) is 0 Å². The zero-order valence-corrected chi connectivity index (χ0v) is 15.2. The van der Waals surface area contributed by atoms with E-state index in [4.69, 9.17) is 0 Å². The van der Waals surface area contributed by atoms with Gasteiger partial charge in [-0.15, -0.1) is 0 Å². The number of aromatic nitrogens is 1. The van der Waals surface area contributed by atoms with Gasteiger partial charge in [0, 0.05) is 40.8 Å². The number of hydrogen-bond donors (Lipinski definition) is 2. The average molecular weight is 361 g/mol. The lowest BCUT2D eigenvalue weighted by Gasteiger charge is -2.32. The second kappa shape index (κ2) is 6.50. The van der Waals surface area contributed by atoms with Gasteiger partial charge in [0.1, 0.15) is 0 Å². The van der Waals surface area contributed by atoms with Gasteiger partial charge in [-0.3, -0.25) is 10.1 Å². The standard InChI is InChI=1S/C22H23N3O2/c26-25(27)17-10-11-20-19(13-17)18-6-3-7-21(22(18)24-20)23-16-9-8-14-4-1-2-5-15(14)12-16/h1-2,4-5,10-11,13,16,21,23-24H,3,6-9,12H2/t16-,21-/m1/s1. The van der Waals surface area contributed by atoms with Gasteiger partial charge in [0.2, 0.25) is 0 Å². The Bertz CT molecular complexity index is 1020. The molecule has 2 atom stereocenters. The minimum atomic E-state index is -0.309. The third-order valence-corrected chi connectivity index (χ3v) is 6.19. The molecule has 138 valence electrons. The second-order valence-corrected chi connectivity index (χ2v) is 7.82. The number of rotatable bonds is 3. The van der Waals surface area contributed by atoms with Crippen molar-refractivity contribution in [2.75, 3.05) is 0 Å². The average Bonchev–Trinajstić information content (AvgIpc) is 3.07. The first-order chi connectivity index (χ1) is 13.2. The highest BCUT2D eigenvalue weighted by Gasteiger charge is 2.28. The SMILES string of the molecule is O=[N+]([O-])c1ccc2[nH]c3c(c2c1)CCC[C@H]3N[C@@H]1CCc2ccccc2C1. The van der Waals surface area contributed by atoms with E-state index in [0.717, 1.165) is 49.4 Å². The molecule has 0 fully saturated rings. The second-order valence-electron chi connectivity index (χ2n) is 7.82.